The smallest absolute Gasteiger partial charge is 0.415 e. The van der Waals surface area contributed by atoms with Crippen molar-refractivity contribution in [3.63, 3.8) is 0 Å². The number of carbonyl (C=O) groups is 3. The maximum absolute atomic E-state index is 12.8. The van der Waals surface area contributed by atoms with Crippen LogP contribution in [0.25, 0.3) is 0 Å². The molecule has 1 fully saturated rings. The summed E-state index contributed by atoms with van der Waals surface area (Å²) in [7, 11) is 0. The summed E-state index contributed by atoms with van der Waals surface area (Å²) in [6.45, 7) is 3.99. The fraction of sp³-hybridized carbons (Fsp3) is 0.200. The molecule has 2 amide bonds. The molecule has 1 unspecified atom stereocenters. The summed E-state index contributed by atoms with van der Waals surface area (Å²) < 4.78 is 16.0. The summed E-state index contributed by atoms with van der Waals surface area (Å²) in [5.41, 5.74) is 1.48. The average molecular weight is 635 g/mol. The number of carbonyl (C=O) groups excluding carboxylic acids is 3. The number of ether oxygens (including phenoxy) is 3. The van der Waals surface area contributed by atoms with Crippen LogP contribution in [0, 0.1) is 5.41 Å². The number of benzene rings is 3. The van der Waals surface area contributed by atoms with Crippen molar-refractivity contribution in [1.82, 2.24) is 14.9 Å². The molecule has 0 bridgehead atoms. The molecule has 1 aliphatic heterocycles. The van der Waals surface area contributed by atoms with Crippen LogP contribution in [0.3, 0.4) is 0 Å². The van der Waals surface area contributed by atoms with Gasteiger partial charge < -0.3 is 24.4 Å². The van der Waals surface area contributed by atoms with Crippen LogP contribution in [0.15, 0.2) is 104 Å². The van der Waals surface area contributed by atoms with Crippen LogP contribution in [0.4, 0.5) is 16.4 Å². The molecule has 0 aliphatic carbocycles. The van der Waals surface area contributed by atoms with Gasteiger partial charge in [-0.05, 0) is 60.9 Å². The van der Waals surface area contributed by atoms with Gasteiger partial charge in [-0.3, -0.25) is 20.3 Å². The average Bonchev–Trinajstić information content (AvgIpc) is 3.09. The van der Waals surface area contributed by atoms with Gasteiger partial charge in [-0.15, -0.1) is 0 Å². The van der Waals surface area contributed by atoms with E-state index in [9.17, 15) is 14.4 Å². The molecule has 4 aromatic rings. The van der Waals surface area contributed by atoms with Crippen LogP contribution in [-0.4, -0.2) is 64.5 Å². The van der Waals surface area contributed by atoms with Crippen molar-refractivity contribution in [3.05, 3.63) is 121 Å². The predicted octanol–water partition coefficient (Wildman–Crippen LogP) is 5.57. The molecular weight excluding hydrogens is 600 g/mol. The van der Waals surface area contributed by atoms with Crippen LogP contribution in [0.2, 0.25) is 0 Å². The minimum Gasteiger partial charge on any atom is -0.457 e. The minimum atomic E-state index is -0.941. The van der Waals surface area contributed by atoms with Gasteiger partial charge in [-0.1, -0.05) is 55.1 Å². The molecule has 1 saturated heterocycles. The summed E-state index contributed by atoms with van der Waals surface area (Å²) in [6, 6.07) is 25.1. The highest BCUT2D eigenvalue weighted by Crippen LogP contribution is 2.28. The Hall–Kier alpha value is -6.04. The fourth-order valence-corrected chi connectivity index (χ4v) is 5.00. The summed E-state index contributed by atoms with van der Waals surface area (Å²) in [4.78, 5) is 47.6. The molecule has 0 spiro atoms. The van der Waals surface area contributed by atoms with E-state index in [1.807, 2.05) is 48.5 Å². The van der Waals surface area contributed by atoms with Gasteiger partial charge in [0.05, 0.1) is 17.7 Å². The minimum absolute atomic E-state index is 0.00700. The van der Waals surface area contributed by atoms with Gasteiger partial charge in [0.15, 0.2) is 0 Å². The zero-order valence-electron chi connectivity index (χ0n) is 25.6. The molecule has 0 saturated carbocycles. The van der Waals surface area contributed by atoms with E-state index in [-0.39, 0.29) is 41.3 Å². The lowest BCUT2D eigenvalue weighted by molar-refractivity contribution is -0.150. The van der Waals surface area contributed by atoms with Gasteiger partial charge in [0.25, 0.3) is 0 Å². The molecule has 5 rings (SSSR count). The molecule has 12 nitrogen and oxygen atoms in total. The SMILES string of the molecule is C=CC(=O)N1CCCC(Nc2ncnc(NC(=O)OCOC(=O)Cc3ccccc3)c2C(=N)c2ccc(Oc3ccccc3)cc2)C1. The molecule has 1 atom stereocenters. The summed E-state index contributed by atoms with van der Waals surface area (Å²) in [5.74, 6) is 0.819. The molecule has 3 aromatic carbocycles. The van der Waals surface area contributed by atoms with E-state index in [2.05, 4.69) is 27.2 Å². The number of nitrogens with one attached hydrogen (secondary N) is 3. The number of rotatable bonds is 12. The molecule has 3 N–H and O–H groups in total. The van der Waals surface area contributed by atoms with Crippen LogP contribution in [-0.2, 0) is 25.5 Å². The van der Waals surface area contributed by atoms with E-state index < -0.39 is 18.9 Å². The van der Waals surface area contributed by atoms with Crippen molar-refractivity contribution in [3.8, 4) is 11.5 Å². The van der Waals surface area contributed by atoms with Gasteiger partial charge in [0, 0.05) is 24.7 Å². The maximum atomic E-state index is 12.8. The first-order valence-corrected chi connectivity index (χ1v) is 15.0. The highest BCUT2D eigenvalue weighted by Gasteiger charge is 2.26. The molecule has 1 aliphatic rings. The maximum Gasteiger partial charge on any atom is 0.415 e. The lowest BCUT2D eigenvalue weighted by Crippen LogP contribution is -2.44. The number of esters is 1. The Labute approximate surface area is 271 Å². The highest BCUT2D eigenvalue weighted by atomic mass is 16.7. The van der Waals surface area contributed by atoms with Gasteiger partial charge in [-0.25, -0.2) is 14.8 Å². The number of aromatic nitrogens is 2. The zero-order chi connectivity index (χ0) is 33.0. The molecule has 240 valence electrons. The molecule has 47 heavy (non-hydrogen) atoms. The molecular formula is C35H34N6O6. The van der Waals surface area contributed by atoms with Gasteiger partial charge in [0.1, 0.15) is 29.5 Å². The van der Waals surface area contributed by atoms with E-state index in [4.69, 9.17) is 19.6 Å². The Morgan fingerprint density at radius 3 is 2.32 bits per heavy atom. The van der Waals surface area contributed by atoms with Crippen LogP contribution in [0.5, 0.6) is 11.5 Å². The third-order valence-corrected chi connectivity index (χ3v) is 7.29. The van der Waals surface area contributed by atoms with Crippen LogP contribution < -0.4 is 15.4 Å². The second-order valence-electron chi connectivity index (χ2n) is 10.6. The lowest BCUT2D eigenvalue weighted by Gasteiger charge is -2.33. The first-order valence-electron chi connectivity index (χ1n) is 15.0. The van der Waals surface area contributed by atoms with Crippen molar-refractivity contribution >= 4 is 35.3 Å². The third-order valence-electron chi connectivity index (χ3n) is 7.29. The van der Waals surface area contributed by atoms with Gasteiger partial charge >= 0.3 is 12.1 Å². The number of piperidine rings is 1. The summed E-state index contributed by atoms with van der Waals surface area (Å²) in [5, 5.41) is 15.0. The van der Waals surface area contributed by atoms with Crippen LogP contribution in [0.1, 0.15) is 29.5 Å². The largest absolute Gasteiger partial charge is 0.457 e. The summed E-state index contributed by atoms with van der Waals surface area (Å²) >= 11 is 0. The lowest BCUT2D eigenvalue weighted by atomic mass is 10.0. The standard InChI is InChI=1S/C35H34N6O6/c1-2-29(42)41-19-9-12-26(21-41)39-33-31(32(36)25-15-17-28(18-16-25)47-27-13-7-4-8-14-27)34(38-22-37-33)40-35(44)46-23-45-30(43)20-24-10-5-3-6-11-24/h2-8,10-11,13-18,22,26,36H,1,9,12,19-21,23H2,(H2,37,38,39,40,44). The Kier molecular flexibility index (Phi) is 10.9. The first-order chi connectivity index (χ1) is 22.9. The second kappa shape index (κ2) is 15.8. The molecule has 1 aromatic heterocycles. The number of hydrogen-bond donors (Lipinski definition) is 3. The van der Waals surface area contributed by atoms with Crippen molar-refractivity contribution in [2.75, 3.05) is 30.5 Å². The van der Waals surface area contributed by atoms with E-state index in [0.717, 1.165) is 18.4 Å². The number of likely N-dealkylation sites (tertiary alicyclic amines) is 1. The Morgan fingerprint density at radius 1 is 0.915 bits per heavy atom. The van der Waals surface area contributed by atoms with E-state index in [0.29, 0.717) is 30.2 Å². The van der Waals surface area contributed by atoms with E-state index in [1.165, 1.54) is 12.4 Å². The number of anilines is 2. The van der Waals surface area contributed by atoms with E-state index >= 15 is 0 Å². The zero-order valence-corrected chi connectivity index (χ0v) is 25.6. The van der Waals surface area contributed by atoms with Crippen molar-refractivity contribution in [1.29, 1.82) is 5.41 Å². The second-order valence-corrected chi connectivity index (χ2v) is 10.6. The Balaban J connectivity index is 1.32. The molecule has 2 heterocycles. The molecule has 0 radical (unpaired) electrons. The number of nitrogens with zero attached hydrogens (tertiary/aromatic N) is 3. The fourth-order valence-electron chi connectivity index (χ4n) is 5.00. The topological polar surface area (TPSA) is 156 Å². The highest BCUT2D eigenvalue weighted by molar-refractivity contribution is 6.17. The van der Waals surface area contributed by atoms with Gasteiger partial charge in [0.2, 0.25) is 12.7 Å². The third kappa shape index (κ3) is 9.01. The van der Waals surface area contributed by atoms with Gasteiger partial charge in [-0.2, -0.15) is 0 Å². The first kappa shape index (κ1) is 32.4. The number of hydrogen-bond acceptors (Lipinski definition) is 10. The monoisotopic (exact) mass is 634 g/mol. The number of amides is 2. The number of para-hydroxylation sites is 1. The quantitative estimate of drug-likeness (QED) is 0.0785. The van der Waals surface area contributed by atoms with E-state index in [1.54, 1.807) is 41.3 Å². The molecule has 12 heteroatoms. The Morgan fingerprint density at radius 2 is 1.60 bits per heavy atom. The Bertz CT molecular complexity index is 1720. The predicted molar refractivity (Wildman–Crippen MR) is 176 cm³/mol. The van der Waals surface area contributed by atoms with Crippen LogP contribution >= 0.6 is 0 Å². The normalized spacial score (nSPS) is 14.0. The van der Waals surface area contributed by atoms with Crippen molar-refractivity contribution in [2.24, 2.45) is 0 Å². The van der Waals surface area contributed by atoms with Crippen molar-refractivity contribution < 1.29 is 28.6 Å². The summed E-state index contributed by atoms with van der Waals surface area (Å²) in [6.07, 6.45) is 3.14. The van der Waals surface area contributed by atoms with Crippen molar-refractivity contribution in [2.45, 2.75) is 25.3 Å².